The van der Waals surface area contributed by atoms with Crippen LogP contribution in [0.5, 0.6) is 0 Å². The maximum Gasteiger partial charge on any atom is 0.306 e. The zero-order chi connectivity index (χ0) is 14.5. The Kier molecular flexibility index (Phi) is 5.56. The van der Waals surface area contributed by atoms with E-state index in [0.717, 1.165) is 21.8 Å². The van der Waals surface area contributed by atoms with E-state index in [4.69, 9.17) is 0 Å². The summed E-state index contributed by atoms with van der Waals surface area (Å²) in [5.41, 5.74) is 0. The van der Waals surface area contributed by atoms with E-state index in [1.54, 1.807) is 0 Å². The summed E-state index contributed by atoms with van der Waals surface area (Å²) >= 11 is 4.83. The van der Waals surface area contributed by atoms with E-state index in [-0.39, 0.29) is 11.9 Å². The highest BCUT2D eigenvalue weighted by Gasteiger charge is 2.23. The number of piperazine rings is 1. The maximum absolute atomic E-state index is 12.3. The molecule has 0 bridgehead atoms. The lowest BCUT2D eigenvalue weighted by atomic mass is 10.2. The first-order valence-corrected chi connectivity index (χ1v) is 8.05. The van der Waals surface area contributed by atoms with Gasteiger partial charge in [0.1, 0.15) is 0 Å². The van der Waals surface area contributed by atoms with E-state index >= 15 is 0 Å². The van der Waals surface area contributed by atoms with Gasteiger partial charge in [0, 0.05) is 32.7 Å². The van der Waals surface area contributed by atoms with Gasteiger partial charge in [-0.05, 0) is 28.1 Å². The van der Waals surface area contributed by atoms with Gasteiger partial charge in [0.2, 0.25) is 0 Å². The Bertz CT molecular complexity index is 484. The molecular formula is C13H17BrN2O3S. The number of nitrogens with zero attached hydrogens (tertiary/aromatic N) is 2. The summed E-state index contributed by atoms with van der Waals surface area (Å²) in [5, 5.41) is 0. The number of carbonyl (C=O) groups excluding carboxylic acids is 2. The van der Waals surface area contributed by atoms with Gasteiger partial charge in [0.15, 0.2) is 0 Å². The normalized spacial score (nSPS) is 16.2. The summed E-state index contributed by atoms with van der Waals surface area (Å²) in [7, 11) is 1.40. The van der Waals surface area contributed by atoms with Gasteiger partial charge in [-0.2, -0.15) is 0 Å². The molecule has 0 radical (unpaired) electrons. The number of methoxy groups -OCH3 is 1. The molecule has 0 atom stereocenters. The lowest BCUT2D eigenvalue weighted by molar-refractivity contribution is -0.141. The van der Waals surface area contributed by atoms with Crippen LogP contribution < -0.4 is 0 Å². The summed E-state index contributed by atoms with van der Waals surface area (Å²) in [6.45, 7) is 3.70. The van der Waals surface area contributed by atoms with Crippen LogP contribution in [0.15, 0.2) is 15.9 Å². The summed E-state index contributed by atoms with van der Waals surface area (Å²) in [5.74, 6) is -0.0970. The van der Waals surface area contributed by atoms with Crippen molar-refractivity contribution >= 4 is 39.1 Å². The van der Waals surface area contributed by atoms with Crippen LogP contribution in [0.2, 0.25) is 0 Å². The van der Waals surface area contributed by atoms with Crippen molar-refractivity contribution in [3.63, 3.8) is 0 Å². The molecule has 0 spiro atoms. The predicted octanol–water partition coefficient (Wildman–Crippen LogP) is 1.83. The number of esters is 1. The smallest absolute Gasteiger partial charge is 0.306 e. The second-order valence-corrected chi connectivity index (χ2v) is 7.03. The van der Waals surface area contributed by atoms with Crippen LogP contribution in [0.3, 0.4) is 0 Å². The third-order valence-electron chi connectivity index (χ3n) is 3.30. The second kappa shape index (κ2) is 7.19. The quantitative estimate of drug-likeness (QED) is 0.768. The molecule has 0 aromatic carbocycles. The molecule has 7 heteroatoms. The Morgan fingerprint density at radius 1 is 1.30 bits per heavy atom. The Morgan fingerprint density at radius 3 is 2.55 bits per heavy atom. The van der Waals surface area contributed by atoms with Crippen molar-refractivity contribution in [1.29, 1.82) is 0 Å². The molecule has 2 heterocycles. The van der Waals surface area contributed by atoms with Gasteiger partial charge in [0.05, 0.1) is 22.2 Å². The summed E-state index contributed by atoms with van der Waals surface area (Å²) in [6.07, 6.45) is 0.405. The van der Waals surface area contributed by atoms with Gasteiger partial charge in [-0.15, -0.1) is 11.3 Å². The summed E-state index contributed by atoms with van der Waals surface area (Å²) in [6, 6.07) is 3.74. The zero-order valence-corrected chi connectivity index (χ0v) is 13.7. The van der Waals surface area contributed by atoms with Crippen molar-refractivity contribution in [1.82, 2.24) is 9.80 Å². The molecule has 1 aliphatic heterocycles. The summed E-state index contributed by atoms with van der Waals surface area (Å²) < 4.78 is 5.60. The predicted molar refractivity (Wildman–Crippen MR) is 81.0 cm³/mol. The highest BCUT2D eigenvalue weighted by atomic mass is 79.9. The number of halogens is 1. The third-order valence-corrected chi connectivity index (χ3v) is 4.91. The van der Waals surface area contributed by atoms with Gasteiger partial charge in [-0.1, -0.05) is 0 Å². The number of hydrogen-bond donors (Lipinski definition) is 0. The Balaban J connectivity index is 1.79. The number of rotatable bonds is 4. The van der Waals surface area contributed by atoms with Crippen LogP contribution in [-0.2, 0) is 9.53 Å². The highest BCUT2D eigenvalue weighted by molar-refractivity contribution is 9.11. The zero-order valence-electron chi connectivity index (χ0n) is 11.3. The van der Waals surface area contributed by atoms with E-state index < -0.39 is 0 Å². The SMILES string of the molecule is COC(=O)CCN1CCN(C(=O)c2ccc(Br)s2)CC1. The molecule has 1 aromatic rings. The lowest BCUT2D eigenvalue weighted by Crippen LogP contribution is -2.48. The summed E-state index contributed by atoms with van der Waals surface area (Å²) in [4.78, 5) is 28.2. The molecule has 0 N–H and O–H groups in total. The fraction of sp³-hybridized carbons (Fsp3) is 0.538. The van der Waals surface area contributed by atoms with Crippen LogP contribution >= 0.6 is 27.3 Å². The van der Waals surface area contributed by atoms with Crippen LogP contribution in [0.1, 0.15) is 16.1 Å². The van der Waals surface area contributed by atoms with E-state index in [1.807, 2.05) is 17.0 Å². The van der Waals surface area contributed by atoms with E-state index in [9.17, 15) is 9.59 Å². The maximum atomic E-state index is 12.3. The van der Waals surface area contributed by atoms with Gasteiger partial charge in [0.25, 0.3) is 5.91 Å². The van der Waals surface area contributed by atoms with Gasteiger partial charge >= 0.3 is 5.97 Å². The van der Waals surface area contributed by atoms with Crippen molar-refractivity contribution in [2.24, 2.45) is 0 Å². The molecule has 1 amide bonds. The second-order valence-electron chi connectivity index (χ2n) is 4.56. The Hall–Kier alpha value is -0.920. The molecule has 5 nitrogen and oxygen atoms in total. The van der Waals surface area contributed by atoms with Crippen LogP contribution in [-0.4, -0.2) is 61.5 Å². The van der Waals surface area contributed by atoms with E-state index in [2.05, 4.69) is 25.6 Å². The monoisotopic (exact) mass is 360 g/mol. The fourth-order valence-electron chi connectivity index (χ4n) is 2.11. The number of hydrogen-bond acceptors (Lipinski definition) is 5. The number of amides is 1. The minimum atomic E-state index is -0.188. The van der Waals surface area contributed by atoms with Gasteiger partial charge < -0.3 is 9.64 Å². The molecule has 0 saturated carbocycles. The van der Waals surface area contributed by atoms with Crippen molar-refractivity contribution in [2.75, 3.05) is 39.8 Å². The molecule has 1 saturated heterocycles. The Labute approximate surface area is 130 Å². The molecule has 2 rings (SSSR count). The lowest BCUT2D eigenvalue weighted by Gasteiger charge is -2.34. The van der Waals surface area contributed by atoms with Crippen molar-refractivity contribution in [3.05, 3.63) is 20.8 Å². The topological polar surface area (TPSA) is 49.9 Å². The Morgan fingerprint density at radius 2 is 2.00 bits per heavy atom. The first-order chi connectivity index (χ1) is 9.60. The molecule has 0 unspecified atom stereocenters. The number of carbonyl (C=O) groups is 2. The minimum absolute atomic E-state index is 0.0910. The highest BCUT2D eigenvalue weighted by Crippen LogP contribution is 2.23. The average molecular weight is 361 g/mol. The van der Waals surface area contributed by atoms with Crippen molar-refractivity contribution < 1.29 is 14.3 Å². The van der Waals surface area contributed by atoms with Crippen molar-refractivity contribution in [3.8, 4) is 0 Å². The van der Waals surface area contributed by atoms with Crippen molar-refractivity contribution in [2.45, 2.75) is 6.42 Å². The van der Waals surface area contributed by atoms with E-state index in [1.165, 1.54) is 18.4 Å². The largest absolute Gasteiger partial charge is 0.469 e. The molecule has 110 valence electrons. The molecule has 1 fully saturated rings. The third kappa shape index (κ3) is 4.04. The molecule has 20 heavy (non-hydrogen) atoms. The van der Waals surface area contributed by atoms with Crippen LogP contribution in [0, 0.1) is 0 Å². The molecule has 1 aromatic heterocycles. The standard InChI is InChI=1S/C13H17BrN2O3S/c1-19-12(17)4-5-15-6-8-16(9-7-15)13(18)10-2-3-11(14)20-10/h2-3H,4-9H2,1H3. The average Bonchev–Trinajstić information content (AvgIpc) is 2.91. The minimum Gasteiger partial charge on any atom is -0.469 e. The first kappa shape index (κ1) is 15.5. The molecule has 0 aliphatic carbocycles. The van der Waals surface area contributed by atoms with Crippen LogP contribution in [0.4, 0.5) is 0 Å². The first-order valence-electron chi connectivity index (χ1n) is 6.44. The fourth-order valence-corrected chi connectivity index (χ4v) is 3.47. The van der Waals surface area contributed by atoms with Gasteiger partial charge in [-0.25, -0.2) is 0 Å². The molecule has 1 aliphatic rings. The number of thiophene rings is 1. The number of ether oxygens (including phenoxy) is 1. The van der Waals surface area contributed by atoms with Gasteiger partial charge in [-0.3, -0.25) is 14.5 Å². The van der Waals surface area contributed by atoms with E-state index in [0.29, 0.717) is 26.1 Å². The molecular weight excluding hydrogens is 344 g/mol. The van der Waals surface area contributed by atoms with Crippen LogP contribution in [0.25, 0.3) is 0 Å².